The third-order valence-electron chi connectivity index (χ3n) is 4.47. The van der Waals surface area contributed by atoms with Gasteiger partial charge in [0.15, 0.2) is 11.8 Å². The minimum atomic E-state index is 0. The lowest BCUT2D eigenvalue weighted by Crippen LogP contribution is -2.37. The number of benzene rings is 1. The predicted octanol–water partition coefficient (Wildman–Crippen LogP) is 2.70. The second-order valence-corrected chi connectivity index (χ2v) is 6.36. The molecule has 0 saturated heterocycles. The summed E-state index contributed by atoms with van der Waals surface area (Å²) >= 11 is 0. The number of guanidine groups is 1. The maximum absolute atomic E-state index is 4.71. The molecule has 0 aliphatic heterocycles. The van der Waals surface area contributed by atoms with Crippen molar-refractivity contribution in [2.75, 3.05) is 6.54 Å². The fourth-order valence-corrected chi connectivity index (χ4v) is 2.92. The molecule has 3 aromatic rings. The third kappa shape index (κ3) is 5.31. The zero-order valence-corrected chi connectivity index (χ0v) is 19.0. The lowest BCUT2D eigenvalue weighted by atomic mass is 10.1. The van der Waals surface area contributed by atoms with Crippen LogP contribution in [-0.2, 0) is 20.1 Å². The van der Waals surface area contributed by atoms with Crippen LogP contribution in [0.2, 0.25) is 0 Å². The van der Waals surface area contributed by atoms with Crippen molar-refractivity contribution in [2.45, 2.75) is 33.9 Å². The lowest BCUT2D eigenvalue weighted by molar-refractivity contribution is 0.728. The number of rotatable bonds is 6. The average molecular weight is 494 g/mol. The van der Waals surface area contributed by atoms with Gasteiger partial charge in [-0.05, 0) is 32.4 Å². The Morgan fingerprint density at radius 1 is 1.25 bits per heavy atom. The van der Waals surface area contributed by atoms with Crippen molar-refractivity contribution in [3.8, 4) is 11.4 Å². The molecule has 0 saturated carbocycles. The van der Waals surface area contributed by atoms with Crippen LogP contribution < -0.4 is 10.6 Å². The normalized spacial score (nSPS) is 11.2. The summed E-state index contributed by atoms with van der Waals surface area (Å²) in [4.78, 5) is 8.91. The summed E-state index contributed by atoms with van der Waals surface area (Å²) in [7, 11) is 1.96. The van der Waals surface area contributed by atoms with Gasteiger partial charge in [-0.2, -0.15) is 10.2 Å². The Morgan fingerprint density at radius 3 is 2.71 bits per heavy atom. The van der Waals surface area contributed by atoms with E-state index in [1.54, 1.807) is 0 Å². The van der Waals surface area contributed by atoms with Crippen LogP contribution in [0.15, 0.2) is 35.6 Å². The van der Waals surface area contributed by atoms with Crippen molar-refractivity contribution < 1.29 is 0 Å². The van der Waals surface area contributed by atoms with Crippen molar-refractivity contribution >= 4 is 29.9 Å². The zero-order valence-electron chi connectivity index (χ0n) is 16.7. The molecule has 0 aliphatic rings. The van der Waals surface area contributed by atoms with Gasteiger partial charge >= 0.3 is 0 Å². The Labute approximate surface area is 182 Å². The number of nitrogens with zero attached hydrogens (tertiary/aromatic N) is 5. The molecule has 8 nitrogen and oxygen atoms in total. The molecule has 0 radical (unpaired) electrons. The zero-order chi connectivity index (χ0) is 19.2. The molecule has 0 atom stereocenters. The molecule has 3 N–H and O–H groups in total. The molecule has 28 heavy (non-hydrogen) atoms. The van der Waals surface area contributed by atoms with Crippen LogP contribution >= 0.6 is 24.0 Å². The average Bonchev–Trinajstić information content (AvgIpc) is 3.28. The smallest absolute Gasteiger partial charge is 0.191 e. The van der Waals surface area contributed by atoms with E-state index < -0.39 is 0 Å². The van der Waals surface area contributed by atoms with E-state index in [1.807, 2.05) is 30.8 Å². The van der Waals surface area contributed by atoms with E-state index in [1.165, 1.54) is 11.9 Å². The van der Waals surface area contributed by atoms with E-state index in [0.29, 0.717) is 13.1 Å². The van der Waals surface area contributed by atoms with E-state index in [4.69, 9.17) is 4.99 Å². The van der Waals surface area contributed by atoms with Crippen LogP contribution in [0.3, 0.4) is 0 Å². The molecule has 3 rings (SSSR count). The Bertz CT molecular complexity index is 914. The first kappa shape index (κ1) is 21.9. The van der Waals surface area contributed by atoms with Crippen LogP contribution in [0.25, 0.3) is 11.4 Å². The van der Waals surface area contributed by atoms with Crippen LogP contribution in [0.4, 0.5) is 0 Å². The summed E-state index contributed by atoms with van der Waals surface area (Å²) in [6.07, 6.45) is 1.51. The van der Waals surface area contributed by atoms with Crippen LogP contribution in [0, 0.1) is 13.8 Å². The fourth-order valence-electron chi connectivity index (χ4n) is 2.92. The molecule has 0 spiro atoms. The van der Waals surface area contributed by atoms with Gasteiger partial charge in [-0.15, -0.1) is 24.0 Å². The van der Waals surface area contributed by atoms with Crippen LogP contribution in [0.5, 0.6) is 0 Å². The molecule has 2 aromatic heterocycles. The maximum Gasteiger partial charge on any atom is 0.191 e. The Balaban J connectivity index is 0.00000280. The lowest BCUT2D eigenvalue weighted by Gasteiger charge is -2.12. The molecular weight excluding hydrogens is 467 g/mol. The van der Waals surface area contributed by atoms with E-state index in [-0.39, 0.29) is 24.0 Å². The topological polar surface area (TPSA) is 95.8 Å². The van der Waals surface area contributed by atoms with Gasteiger partial charge in [0.2, 0.25) is 0 Å². The van der Waals surface area contributed by atoms with E-state index in [0.717, 1.165) is 40.8 Å². The minimum Gasteiger partial charge on any atom is -0.357 e. The molecular formula is C19H27IN8. The number of H-pyrrole nitrogens is 1. The Morgan fingerprint density at radius 2 is 2.07 bits per heavy atom. The molecule has 0 aliphatic carbocycles. The van der Waals surface area contributed by atoms with E-state index in [2.05, 4.69) is 56.9 Å². The number of aromatic amines is 1. The van der Waals surface area contributed by atoms with Crippen molar-refractivity contribution in [1.82, 2.24) is 35.6 Å². The first-order valence-electron chi connectivity index (χ1n) is 9.04. The monoisotopic (exact) mass is 494 g/mol. The Hall–Kier alpha value is -2.43. The number of hydrogen-bond acceptors (Lipinski definition) is 4. The van der Waals surface area contributed by atoms with Gasteiger partial charge in [0.1, 0.15) is 6.33 Å². The molecule has 9 heteroatoms. The second kappa shape index (κ2) is 10.2. The summed E-state index contributed by atoms with van der Waals surface area (Å²) < 4.78 is 1.91. The SMILES string of the molecule is CCNC(=NCc1cccc(-c2ncn[nH]2)c1)NCc1c(C)nn(C)c1C.I. The molecule has 0 unspecified atom stereocenters. The number of nitrogens with one attached hydrogen (secondary N) is 3. The highest BCUT2D eigenvalue weighted by atomic mass is 127. The van der Waals surface area contributed by atoms with E-state index >= 15 is 0 Å². The maximum atomic E-state index is 4.71. The first-order valence-corrected chi connectivity index (χ1v) is 9.04. The van der Waals surface area contributed by atoms with Gasteiger partial charge < -0.3 is 10.6 Å². The molecule has 1 aromatic carbocycles. The number of aliphatic imine (C=N–C) groups is 1. The minimum absolute atomic E-state index is 0. The standard InChI is InChI=1S/C19H26N8.HI/c1-5-20-19(22-11-17-13(2)26-27(4)14(17)3)21-10-15-7-6-8-16(9-15)18-23-12-24-25-18;/h6-9,12H,5,10-11H2,1-4H3,(H2,20,21,22)(H,23,24,25);1H. The summed E-state index contributed by atoms with van der Waals surface area (Å²) in [5.74, 6) is 1.54. The number of hydrogen-bond donors (Lipinski definition) is 3. The van der Waals surface area contributed by atoms with Crippen molar-refractivity contribution in [1.29, 1.82) is 0 Å². The quantitative estimate of drug-likeness (QED) is 0.278. The Kier molecular flexibility index (Phi) is 7.97. The number of aryl methyl sites for hydroxylation is 2. The largest absolute Gasteiger partial charge is 0.357 e. The predicted molar refractivity (Wildman–Crippen MR) is 122 cm³/mol. The fraction of sp³-hybridized carbons (Fsp3) is 0.368. The van der Waals surface area contributed by atoms with Gasteiger partial charge in [-0.25, -0.2) is 9.98 Å². The van der Waals surface area contributed by atoms with Gasteiger partial charge in [0, 0.05) is 37.0 Å². The first-order chi connectivity index (χ1) is 13.1. The van der Waals surface area contributed by atoms with Gasteiger partial charge in [0.05, 0.1) is 12.2 Å². The second-order valence-electron chi connectivity index (χ2n) is 6.36. The third-order valence-corrected chi connectivity index (χ3v) is 4.47. The molecule has 0 amide bonds. The summed E-state index contributed by atoms with van der Waals surface area (Å²) in [6, 6.07) is 8.14. The van der Waals surface area contributed by atoms with Crippen LogP contribution in [-0.4, -0.2) is 37.5 Å². The molecule has 150 valence electrons. The highest BCUT2D eigenvalue weighted by molar-refractivity contribution is 14.0. The van der Waals surface area contributed by atoms with Gasteiger partial charge in [-0.1, -0.05) is 18.2 Å². The highest BCUT2D eigenvalue weighted by Crippen LogP contribution is 2.16. The molecule has 2 heterocycles. The highest BCUT2D eigenvalue weighted by Gasteiger charge is 2.10. The summed E-state index contributed by atoms with van der Waals surface area (Å²) in [5, 5.41) is 18.0. The number of halogens is 1. The summed E-state index contributed by atoms with van der Waals surface area (Å²) in [5.41, 5.74) is 5.51. The van der Waals surface area contributed by atoms with Gasteiger partial charge in [-0.3, -0.25) is 9.78 Å². The van der Waals surface area contributed by atoms with Crippen molar-refractivity contribution in [2.24, 2.45) is 12.0 Å². The molecule has 0 fully saturated rings. The number of aromatic nitrogens is 5. The van der Waals surface area contributed by atoms with Crippen molar-refractivity contribution in [3.05, 3.63) is 53.1 Å². The van der Waals surface area contributed by atoms with Crippen LogP contribution in [0.1, 0.15) is 29.4 Å². The summed E-state index contributed by atoms with van der Waals surface area (Å²) in [6.45, 7) is 8.23. The van der Waals surface area contributed by atoms with E-state index in [9.17, 15) is 0 Å². The van der Waals surface area contributed by atoms with Gasteiger partial charge in [0.25, 0.3) is 0 Å². The molecule has 0 bridgehead atoms. The van der Waals surface area contributed by atoms with Crippen molar-refractivity contribution in [3.63, 3.8) is 0 Å².